The Hall–Kier alpha value is -2.82. The summed E-state index contributed by atoms with van der Waals surface area (Å²) in [5.74, 6) is 0.487. The van der Waals surface area contributed by atoms with Crippen LogP contribution in [0.4, 0.5) is 11.6 Å². The Morgan fingerprint density at radius 1 is 1.20 bits per heavy atom. The first-order valence-electron chi connectivity index (χ1n) is 10.9. The van der Waals surface area contributed by atoms with Crippen molar-refractivity contribution < 1.29 is 9.90 Å². The fraction of sp³-hybridized carbons (Fsp3) is 0.440. The molecule has 0 saturated heterocycles. The van der Waals surface area contributed by atoms with Gasteiger partial charge in [-0.25, -0.2) is 9.78 Å². The van der Waals surface area contributed by atoms with E-state index in [1.165, 1.54) is 12.0 Å². The predicted octanol–water partition coefficient (Wildman–Crippen LogP) is 6.43. The Morgan fingerprint density at radius 2 is 1.93 bits per heavy atom. The fourth-order valence-corrected chi connectivity index (χ4v) is 5.13. The van der Waals surface area contributed by atoms with Crippen LogP contribution in [0.5, 0.6) is 0 Å². The van der Waals surface area contributed by atoms with Gasteiger partial charge in [-0.1, -0.05) is 39.8 Å². The Labute approximate surface area is 178 Å². The molecule has 2 N–H and O–H groups in total. The number of hydrogen-bond acceptors (Lipinski definition) is 3. The second-order valence-electron chi connectivity index (χ2n) is 9.56. The monoisotopic (exact) mass is 405 g/mol. The molecule has 0 spiro atoms. The van der Waals surface area contributed by atoms with Gasteiger partial charge in [0.2, 0.25) is 5.95 Å². The van der Waals surface area contributed by atoms with E-state index in [1.807, 2.05) is 6.07 Å². The number of nitrogens with one attached hydrogen (secondary N) is 1. The van der Waals surface area contributed by atoms with E-state index >= 15 is 0 Å². The minimum absolute atomic E-state index is 0.264. The number of nitrogens with zero attached hydrogens (tertiary/aromatic N) is 2. The second-order valence-corrected chi connectivity index (χ2v) is 9.56. The largest absolute Gasteiger partial charge is 0.478 e. The molecule has 0 unspecified atom stereocenters. The van der Waals surface area contributed by atoms with Gasteiger partial charge < -0.3 is 15.0 Å². The van der Waals surface area contributed by atoms with Crippen molar-refractivity contribution in [1.29, 1.82) is 0 Å². The first kappa shape index (κ1) is 20.5. The Kier molecular flexibility index (Phi) is 5.31. The van der Waals surface area contributed by atoms with E-state index in [2.05, 4.69) is 61.8 Å². The third kappa shape index (κ3) is 4.07. The first-order valence-corrected chi connectivity index (χ1v) is 10.9. The molecule has 2 atom stereocenters. The number of carbonyl (C=O) groups is 1. The number of anilines is 2. The lowest BCUT2D eigenvalue weighted by atomic mass is 9.70. The van der Waals surface area contributed by atoms with Crippen LogP contribution in [0.3, 0.4) is 0 Å². The average Bonchev–Trinajstić information content (AvgIpc) is 3.04. The van der Waals surface area contributed by atoms with Crippen LogP contribution >= 0.6 is 0 Å². The summed E-state index contributed by atoms with van der Waals surface area (Å²) in [6, 6.07) is 14.0. The van der Waals surface area contributed by atoms with E-state index in [4.69, 9.17) is 4.98 Å². The van der Waals surface area contributed by atoms with Gasteiger partial charge in [0.1, 0.15) is 0 Å². The zero-order valence-corrected chi connectivity index (χ0v) is 18.3. The molecule has 3 aromatic rings. The molecule has 0 bridgehead atoms. The summed E-state index contributed by atoms with van der Waals surface area (Å²) >= 11 is 0. The molecule has 4 rings (SSSR count). The topological polar surface area (TPSA) is 67.2 Å². The van der Waals surface area contributed by atoms with E-state index in [1.54, 1.807) is 12.1 Å². The van der Waals surface area contributed by atoms with Crippen LogP contribution in [0.15, 0.2) is 42.5 Å². The number of fused-ring (bicyclic) bond motifs is 1. The summed E-state index contributed by atoms with van der Waals surface area (Å²) in [7, 11) is 0. The van der Waals surface area contributed by atoms with Crippen molar-refractivity contribution >= 4 is 28.6 Å². The summed E-state index contributed by atoms with van der Waals surface area (Å²) in [4.78, 5) is 16.3. The zero-order valence-electron chi connectivity index (χ0n) is 18.3. The maximum absolute atomic E-state index is 11.5. The number of carboxylic acids is 1. The van der Waals surface area contributed by atoms with Gasteiger partial charge in [-0.05, 0) is 72.9 Å². The van der Waals surface area contributed by atoms with Gasteiger partial charge in [0.15, 0.2) is 0 Å². The highest BCUT2D eigenvalue weighted by Gasteiger charge is 2.34. The molecule has 1 heterocycles. The normalized spacial score (nSPS) is 20.9. The molecular formula is C25H31N3O2. The zero-order chi connectivity index (χ0) is 21.5. The maximum Gasteiger partial charge on any atom is 0.335 e. The van der Waals surface area contributed by atoms with Crippen molar-refractivity contribution in [3.8, 4) is 0 Å². The van der Waals surface area contributed by atoms with Crippen LogP contribution in [0, 0.1) is 11.3 Å². The van der Waals surface area contributed by atoms with Crippen molar-refractivity contribution in [2.45, 2.75) is 59.4 Å². The number of aromatic carboxylic acids is 1. The lowest BCUT2D eigenvalue weighted by Gasteiger charge is -2.40. The Morgan fingerprint density at radius 3 is 2.57 bits per heavy atom. The number of hydrogen-bond donors (Lipinski definition) is 2. The molecule has 1 aliphatic rings. The molecule has 158 valence electrons. The molecule has 0 aliphatic heterocycles. The van der Waals surface area contributed by atoms with Crippen LogP contribution in [0.1, 0.15) is 68.9 Å². The minimum atomic E-state index is -0.927. The van der Waals surface area contributed by atoms with E-state index in [-0.39, 0.29) is 11.0 Å². The lowest BCUT2D eigenvalue weighted by Crippen LogP contribution is -2.29. The molecule has 1 saturated carbocycles. The van der Waals surface area contributed by atoms with Crippen LogP contribution in [0.25, 0.3) is 11.0 Å². The lowest BCUT2D eigenvalue weighted by molar-refractivity contribution is 0.0697. The Balaban J connectivity index is 1.80. The number of carboxylic acid groups (broad SMARTS) is 1. The van der Waals surface area contributed by atoms with Crippen LogP contribution in [-0.2, 0) is 6.42 Å². The smallest absolute Gasteiger partial charge is 0.335 e. The first-order chi connectivity index (χ1) is 14.3. The van der Waals surface area contributed by atoms with Crippen LogP contribution < -0.4 is 5.32 Å². The highest BCUT2D eigenvalue weighted by Crippen LogP contribution is 2.46. The van der Waals surface area contributed by atoms with Gasteiger partial charge in [-0.2, -0.15) is 0 Å². The third-order valence-corrected chi connectivity index (χ3v) is 6.28. The number of imidazole rings is 1. The van der Waals surface area contributed by atoms with Crippen molar-refractivity contribution in [3.05, 3.63) is 53.6 Å². The second kappa shape index (κ2) is 7.78. The predicted molar refractivity (Wildman–Crippen MR) is 122 cm³/mol. The van der Waals surface area contributed by atoms with Gasteiger partial charge >= 0.3 is 5.97 Å². The van der Waals surface area contributed by atoms with Crippen molar-refractivity contribution in [2.75, 3.05) is 5.32 Å². The highest BCUT2D eigenvalue weighted by atomic mass is 16.4. The highest BCUT2D eigenvalue weighted by molar-refractivity contribution is 5.93. The molecule has 0 amide bonds. The molecule has 5 heteroatoms. The molecule has 1 aromatic heterocycles. The molecule has 2 aromatic carbocycles. The standard InChI is InChI=1S/C25H31N3O2/c1-5-17-6-9-19(10-7-17)26-24-27-21-13-18(23(29)30)8-11-22(21)28(24)20-12-16(2)14-25(3,4)15-20/h6-11,13,16,20H,5,12,14-15H2,1-4H3,(H,26,27)(H,29,30)/t16-,20-/m0/s1. The van der Waals surface area contributed by atoms with E-state index in [0.717, 1.165) is 41.9 Å². The SMILES string of the molecule is CCc1ccc(Nc2nc3cc(C(=O)O)ccc3n2[C@H]2C[C@H](C)CC(C)(C)C2)cc1. The van der Waals surface area contributed by atoms with Gasteiger partial charge in [0.25, 0.3) is 0 Å². The molecule has 1 aliphatic carbocycles. The van der Waals surface area contributed by atoms with Crippen molar-refractivity contribution in [2.24, 2.45) is 11.3 Å². The summed E-state index contributed by atoms with van der Waals surface area (Å²) in [5.41, 5.74) is 4.53. The molecule has 1 fully saturated rings. The summed E-state index contributed by atoms with van der Waals surface area (Å²) in [6.07, 6.45) is 4.40. The van der Waals surface area contributed by atoms with Gasteiger partial charge in [-0.3, -0.25) is 0 Å². The van der Waals surface area contributed by atoms with Gasteiger partial charge in [-0.15, -0.1) is 0 Å². The van der Waals surface area contributed by atoms with E-state index < -0.39 is 5.97 Å². The van der Waals surface area contributed by atoms with Crippen molar-refractivity contribution in [1.82, 2.24) is 9.55 Å². The van der Waals surface area contributed by atoms with Crippen LogP contribution in [-0.4, -0.2) is 20.6 Å². The molecular weight excluding hydrogens is 374 g/mol. The quantitative estimate of drug-likeness (QED) is 0.513. The molecule has 30 heavy (non-hydrogen) atoms. The summed E-state index contributed by atoms with van der Waals surface area (Å²) in [6.45, 7) is 9.15. The number of aromatic nitrogens is 2. The average molecular weight is 406 g/mol. The number of rotatable bonds is 5. The number of aryl methyl sites for hydroxylation is 1. The Bertz CT molecular complexity index is 1070. The fourth-order valence-electron chi connectivity index (χ4n) is 5.13. The maximum atomic E-state index is 11.5. The van der Waals surface area contributed by atoms with Gasteiger partial charge in [0, 0.05) is 11.7 Å². The summed E-state index contributed by atoms with van der Waals surface area (Å²) in [5, 5.41) is 12.9. The van der Waals surface area contributed by atoms with Crippen LogP contribution in [0.2, 0.25) is 0 Å². The van der Waals surface area contributed by atoms with E-state index in [9.17, 15) is 9.90 Å². The third-order valence-electron chi connectivity index (χ3n) is 6.28. The molecule has 0 radical (unpaired) electrons. The van der Waals surface area contributed by atoms with Crippen molar-refractivity contribution in [3.63, 3.8) is 0 Å². The summed E-state index contributed by atoms with van der Waals surface area (Å²) < 4.78 is 2.30. The van der Waals surface area contributed by atoms with E-state index in [0.29, 0.717) is 12.0 Å². The minimum Gasteiger partial charge on any atom is -0.478 e. The number of benzene rings is 2. The molecule has 5 nitrogen and oxygen atoms in total. The van der Waals surface area contributed by atoms with Gasteiger partial charge in [0.05, 0.1) is 16.6 Å².